The molecule has 1 heterocycles. The Bertz CT molecular complexity index is 807. The molecule has 0 spiro atoms. The van der Waals surface area contributed by atoms with E-state index in [1.807, 2.05) is 0 Å². The first kappa shape index (κ1) is 18.3. The van der Waals surface area contributed by atoms with Gasteiger partial charge in [0.1, 0.15) is 11.8 Å². The highest BCUT2D eigenvalue weighted by Crippen LogP contribution is 2.38. The van der Waals surface area contributed by atoms with E-state index < -0.39 is 17.8 Å². The number of benzene rings is 2. The van der Waals surface area contributed by atoms with E-state index in [0.29, 0.717) is 18.5 Å². The zero-order valence-corrected chi connectivity index (χ0v) is 13.9. The fraction of sp³-hybridized carbons (Fsp3) is 0.316. The lowest BCUT2D eigenvalue weighted by Gasteiger charge is -2.22. The summed E-state index contributed by atoms with van der Waals surface area (Å²) < 4.78 is 39.7. The van der Waals surface area contributed by atoms with Crippen LogP contribution in [0.3, 0.4) is 0 Å². The number of aromatic hydroxyl groups is 1. The minimum absolute atomic E-state index is 0.00385. The summed E-state index contributed by atoms with van der Waals surface area (Å²) >= 11 is 0. The number of rotatable bonds is 3. The molecule has 2 atom stereocenters. The summed E-state index contributed by atoms with van der Waals surface area (Å²) in [6.45, 7) is 0.542. The molecule has 26 heavy (non-hydrogen) atoms. The van der Waals surface area contributed by atoms with E-state index in [1.165, 1.54) is 29.2 Å². The molecule has 1 aliphatic heterocycles. The quantitative estimate of drug-likeness (QED) is 0.877. The van der Waals surface area contributed by atoms with Gasteiger partial charge in [-0.25, -0.2) is 0 Å². The van der Waals surface area contributed by atoms with Gasteiger partial charge in [-0.1, -0.05) is 30.3 Å². The molecule has 3 N–H and O–H groups in total. The molecule has 4 nitrogen and oxygen atoms in total. The molecule has 0 aromatic heterocycles. The zero-order valence-electron chi connectivity index (χ0n) is 13.9. The monoisotopic (exact) mass is 364 g/mol. The SMILES string of the molecule is NC(C(=O)N1CCC(c2ccccc2C(F)(F)F)C1)c1cccc(O)c1. The smallest absolute Gasteiger partial charge is 0.416 e. The van der Waals surface area contributed by atoms with Crippen molar-refractivity contribution in [3.8, 4) is 5.75 Å². The lowest BCUT2D eigenvalue weighted by atomic mass is 9.93. The zero-order chi connectivity index (χ0) is 18.9. The molecule has 0 aliphatic carbocycles. The van der Waals surface area contributed by atoms with Crippen molar-refractivity contribution in [2.75, 3.05) is 13.1 Å². The van der Waals surface area contributed by atoms with E-state index >= 15 is 0 Å². The molecule has 7 heteroatoms. The topological polar surface area (TPSA) is 66.6 Å². The lowest BCUT2D eigenvalue weighted by molar-refractivity contribution is -0.138. The van der Waals surface area contributed by atoms with Gasteiger partial charge in [-0.2, -0.15) is 13.2 Å². The second kappa shape index (κ2) is 6.99. The molecule has 0 saturated carbocycles. The number of phenols is 1. The maximum atomic E-state index is 13.2. The van der Waals surface area contributed by atoms with Crippen LogP contribution in [-0.2, 0) is 11.0 Å². The summed E-state index contributed by atoms with van der Waals surface area (Å²) in [6, 6.07) is 10.6. The van der Waals surface area contributed by atoms with Crippen molar-refractivity contribution < 1.29 is 23.1 Å². The highest BCUT2D eigenvalue weighted by Gasteiger charge is 2.38. The lowest BCUT2D eigenvalue weighted by Crippen LogP contribution is -2.37. The van der Waals surface area contributed by atoms with Gasteiger partial charge in [0.2, 0.25) is 5.91 Å². The molecule has 3 rings (SSSR count). The van der Waals surface area contributed by atoms with Gasteiger partial charge in [-0.3, -0.25) is 4.79 Å². The van der Waals surface area contributed by atoms with Gasteiger partial charge in [0.15, 0.2) is 0 Å². The highest BCUT2D eigenvalue weighted by molar-refractivity contribution is 5.83. The summed E-state index contributed by atoms with van der Waals surface area (Å²) in [5.41, 5.74) is 6.01. The Hall–Kier alpha value is -2.54. The number of halogens is 3. The molecule has 138 valence electrons. The molecule has 1 amide bonds. The van der Waals surface area contributed by atoms with Crippen molar-refractivity contribution in [3.63, 3.8) is 0 Å². The summed E-state index contributed by atoms with van der Waals surface area (Å²) in [7, 11) is 0. The summed E-state index contributed by atoms with van der Waals surface area (Å²) in [5.74, 6) is -0.736. The fourth-order valence-electron chi connectivity index (χ4n) is 3.38. The molecule has 1 fully saturated rings. The average Bonchev–Trinajstić information content (AvgIpc) is 3.09. The Labute approximate surface area is 149 Å². The third-order valence-electron chi connectivity index (χ3n) is 4.70. The number of carbonyl (C=O) groups excluding carboxylic acids is 1. The maximum absolute atomic E-state index is 13.2. The molecule has 2 unspecified atom stereocenters. The van der Waals surface area contributed by atoms with Crippen LogP contribution >= 0.6 is 0 Å². The number of alkyl halides is 3. The van der Waals surface area contributed by atoms with Crippen LogP contribution in [-0.4, -0.2) is 29.0 Å². The van der Waals surface area contributed by atoms with Crippen LogP contribution in [0.1, 0.15) is 35.1 Å². The van der Waals surface area contributed by atoms with Crippen molar-refractivity contribution in [1.82, 2.24) is 4.90 Å². The Balaban J connectivity index is 1.76. The van der Waals surface area contributed by atoms with Crippen LogP contribution in [0, 0.1) is 0 Å². The number of phenolic OH excluding ortho intramolecular Hbond substituents is 1. The van der Waals surface area contributed by atoms with Gasteiger partial charge >= 0.3 is 6.18 Å². The number of hydrogen-bond donors (Lipinski definition) is 2. The molecular weight excluding hydrogens is 345 g/mol. The molecule has 1 aliphatic rings. The third kappa shape index (κ3) is 3.67. The van der Waals surface area contributed by atoms with Gasteiger partial charge < -0.3 is 15.7 Å². The van der Waals surface area contributed by atoms with Crippen molar-refractivity contribution in [2.24, 2.45) is 5.73 Å². The van der Waals surface area contributed by atoms with Crippen molar-refractivity contribution in [2.45, 2.75) is 24.6 Å². The first-order valence-electron chi connectivity index (χ1n) is 8.27. The maximum Gasteiger partial charge on any atom is 0.416 e. The van der Waals surface area contributed by atoms with Gasteiger partial charge in [0, 0.05) is 19.0 Å². The van der Waals surface area contributed by atoms with Crippen LogP contribution in [0.25, 0.3) is 0 Å². The van der Waals surface area contributed by atoms with E-state index in [9.17, 15) is 23.1 Å². The van der Waals surface area contributed by atoms with Crippen LogP contribution in [0.2, 0.25) is 0 Å². The molecule has 0 radical (unpaired) electrons. The molecule has 1 saturated heterocycles. The van der Waals surface area contributed by atoms with Crippen LogP contribution < -0.4 is 5.73 Å². The Morgan fingerprint density at radius 2 is 1.92 bits per heavy atom. The summed E-state index contributed by atoms with van der Waals surface area (Å²) in [5, 5.41) is 9.52. The molecular formula is C19H19F3N2O2. The summed E-state index contributed by atoms with van der Waals surface area (Å²) in [4.78, 5) is 14.1. The predicted octanol–water partition coefficient (Wildman–Crippen LogP) is 3.43. The molecule has 0 bridgehead atoms. The standard InChI is InChI=1S/C19H19F3N2O2/c20-19(21,22)16-7-2-1-6-15(16)13-8-9-24(11-13)18(26)17(23)12-4-3-5-14(25)10-12/h1-7,10,13,17,25H,8-9,11,23H2. The Morgan fingerprint density at radius 1 is 1.19 bits per heavy atom. The van der Waals surface area contributed by atoms with E-state index in [1.54, 1.807) is 18.2 Å². The molecule has 2 aromatic rings. The number of nitrogens with two attached hydrogens (primary N) is 1. The van der Waals surface area contributed by atoms with Crippen LogP contribution in [0.5, 0.6) is 5.75 Å². The second-order valence-corrected chi connectivity index (χ2v) is 6.43. The number of nitrogens with zero attached hydrogens (tertiary/aromatic N) is 1. The first-order chi connectivity index (χ1) is 12.3. The number of carbonyl (C=O) groups is 1. The number of hydrogen-bond acceptors (Lipinski definition) is 3. The van der Waals surface area contributed by atoms with E-state index in [-0.39, 0.29) is 29.7 Å². The van der Waals surface area contributed by atoms with E-state index in [4.69, 9.17) is 5.73 Å². The number of amides is 1. The van der Waals surface area contributed by atoms with E-state index in [0.717, 1.165) is 6.07 Å². The normalized spacial score (nSPS) is 18.8. The largest absolute Gasteiger partial charge is 0.508 e. The predicted molar refractivity (Wildman–Crippen MR) is 90.4 cm³/mol. The second-order valence-electron chi connectivity index (χ2n) is 6.43. The summed E-state index contributed by atoms with van der Waals surface area (Å²) in [6.07, 6.45) is -3.97. The van der Waals surface area contributed by atoms with Crippen molar-refractivity contribution in [3.05, 3.63) is 65.2 Å². The van der Waals surface area contributed by atoms with Crippen molar-refractivity contribution >= 4 is 5.91 Å². The average molecular weight is 364 g/mol. The third-order valence-corrected chi connectivity index (χ3v) is 4.70. The highest BCUT2D eigenvalue weighted by atomic mass is 19.4. The van der Waals surface area contributed by atoms with E-state index in [2.05, 4.69) is 0 Å². The first-order valence-corrected chi connectivity index (χ1v) is 8.27. The Morgan fingerprint density at radius 3 is 2.62 bits per heavy atom. The Kier molecular flexibility index (Phi) is 4.91. The minimum Gasteiger partial charge on any atom is -0.508 e. The van der Waals surface area contributed by atoms with Crippen LogP contribution in [0.15, 0.2) is 48.5 Å². The van der Waals surface area contributed by atoms with Gasteiger partial charge in [-0.05, 0) is 35.7 Å². The van der Waals surface area contributed by atoms with Gasteiger partial charge in [-0.15, -0.1) is 0 Å². The van der Waals surface area contributed by atoms with Gasteiger partial charge in [0.25, 0.3) is 0 Å². The van der Waals surface area contributed by atoms with Crippen molar-refractivity contribution in [1.29, 1.82) is 0 Å². The molecule has 2 aromatic carbocycles. The fourth-order valence-corrected chi connectivity index (χ4v) is 3.38. The minimum atomic E-state index is -4.42. The number of likely N-dealkylation sites (tertiary alicyclic amines) is 1. The van der Waals surface area contributed by atoms with Crippen LogP contribution in [0.4, 0.5) is 13.2 Å². The van der Waals surface area contributed by atoms with Gasteiger partial charge in [0.05, 0.1) is 5.56 Å².